The second kappa shape index (κ2) is 7.82. The van der Waals surface area contributed by atoms with Gasteiger partial charge < -0.3 is 14.9 Å². The Kier molecular flexibility index (Phi) is 5.27. The van der Waals surface area contributed by atoms with Crippen molar-refractivity contribution in [1.29, 1.82) is 0 Å². The number of likely N-dealkylation sites (tertiary alicyclic amines) is 1. The Morgan fingerprint density at radius 2 is 1.85 bits per heavy atom. The Morgan fingerprint density at radius 1 is 1.11 bits per heavy atom. The fourth-order valence-electron chi connectivity index (χ4n) is 4.00. The summed E-state index contributed by atoms with van der Waals surface area (Å²) in [4.78, 5) is 29.3. The highest BCUT2D eigenvalue weighted by Crippen LogP contribution is 2.33. The van der Waals surface area contributed by atoms with Crippen LogP contribution in [0.25, 0.3) is 0 Å². The predicted octanol–water partition coefficient (Wildman–Crippen LogP) is 3.46. The van der Waals surface area contributed by atoms with Gasteiger partial charge in [-0.3, -0.25) is 9.59 Å². The molecular formula is C21H24N2O3S. The third-order valence-electron chi connectivity index (χ3n) is 5.61. The summed E-state index contributed by atoms with van der Waals surface area (Å²) < 4.78 is 0. The van der Waals surface area contributed by atoms with E-state index in [4.69, 9.17) is 0 Å². The Labute approximate surface area is 163 Å². The van der Waals surface area contributed by atoms with Crippen LogP contribution >= 0.6 is 11.3 Å². The van der Waals surface area contributed by atoms with E-state index in [9.17, 15) is 14.7 Å². The lowest BCUT2D eigenvalue weighted by atomic mass is 9.90. The molecule has 142 valence electrons. The topological polar surface area (TPSA) is 60.9 Å². The molecule has 0 saturated carbocycles. The summed E-state index contributed by atoms with van der Waals surface area (Å²) in [5, 5.41) is 12.5. The van der Waals surface area contributed by atoms with Crippen molar-refractivity contribution < 1.29 is 14.7 Å². The van der Waals surface area contributed by atoms with Gasteiger partial charge in [0.1, 0.15) is 0 Å². The number of hydrogen-bond donors (Lipinski definition) is 1. The minimum Gasteiger partial charge on any atom is -0.387 e. The van der Waals surface area contributed by atoms with Gasteiger partial charge in [0.05, 0.1) is 6.10 Å². The Hall–Kier alpha value is -2.18. The summed E-state index contributed by atoms with van der Waals surface area (Å²) in [6.45, 7) is 2.09. The number of hydrogen-bond acceptors (Lipinski definition) is 4. The van der Waals surface area contributed by atoms with E-state index >= 15 is 0 Å². The number of nitrogens with zero attached hydrogens (tertiary/aromatic N) is 2. The molecule has 3 heterocycles. The number of piperidine rings is 1. The molecule has 2 amide bonds. The van der Waals surface area contributed by atoms with Gasteiger partial charge in [-0.2, -0.15) is 0 Å². The lowest BCUT2D eigenvalue weighted by Crippen LogP contribution is -2.39. The van der Waals surface area contributed by atoms with E-state index in [1.165, 1.54) is 0 Å². The molecule has 1 aromatic carbocycles. The minimum absolute atomic E-state index is 0.0263. The molecule has 2 saturated heterocycles. The molecule has 2 aliphatic heterocycles. The van der Waals surface area contributed by atoms with Gasteiger partial charge >= 0.3 is 0 Å². The van der Waals surface area contributed by atoms with Crippen molar-refractivity contribution in [3.63, 3.8) is 0 Å². The zero-order valence-corrected chi connectivity index (χ0v) is 16.0. The van der Waals surface area contributed by atoms with Crippen LogP contribution in [0.4, 0.5) is 5.69 Å². The van der Waals surface area contributed by atoms with Crippen LogP contribution in [0.1, 0.15) is 47.0 Å². The van der Waals surface area contributed by atoms with Gasteiger partial charge in [-0.15, -0.1) is 11.3 Å². The highest BCUT2D eigenvalue weighted by Gasteiger charge is 2.29. The molecule has 2 aliphatic rings. The summed E-state index contributed by atoms with van der Waals surface area (Å²) in [7, 11) is 0. The second-order valence-electron chi connectivity index (χ2n) is 7.29. The van der Waals surface area contributed by atoms with Crippen LogP contribution in [-0.2, 0) is 4.79 Å². The van der Waals surface area contributed by atoms with E-state index in [0.29, 0.717) is 25.1 Å². The molecule has 2 aromatic rings. The smallest absolute Gasteiger partial charge is 0.253 e. The summed E-state index contributed by atoms with van der Waals surface area (Å²) in [5.41, 5.74) is 1.52. The molecule has 1 atom stereocenters. The maximum Gasteiger partial charge on any atom is 0.253 e. The van der Waals surface area contributed by atoms with Gasteiger partial charge in [-0.1, -0.05) is 6.07 Å². The van der Waals surface area contributed by atoms with E-state index in [2.05, 4.69) is 0 Å². The molecule has 1 N–H and O–H groups in total. The summed E-state index contributed by atoms with van der Waals surface area (Å²) >= 11 is 1.58. The van der Waals surface area contributed by atoms with E-state index in [0.717, 1.165) is 36.4 Å². The molecule has 27 heavy (non-hydrogen) atoms. The molecule has 1 aromatic heterocycles. The van der Waals surface area contributed by atoms with Crippen LogP contribution in [0.2, 0.25) is 0 Å². The van der Waals surface area contributed by atoms with Gasteiger partial charge in [0, 0.05) is 42.2 Å². The molecule has 0 bridgehead atoms. The summed E-state index contributed by atoms with van der Waals surface area (Å²) in [6, 6.07) is 11.3. The van der Waals surface area contributed by atoms with Crippen LogP contribution in [0, 0.1) is 5.92 Å². The summed E-state index contributed by atoms with van der Waals surface area (Å²) in [6.07, 6.45) is 2.69. The number of thiophene rings is 1. The van der Waals surface area contributed by atoms with Gasteiger partial charge in [0.25, 0.3) is 5.91 Å². The molecule has 5 nitrogen and oxygen atoms in total. The first kappa shape index (κ1) is 18.2. The maximum absolute atomic E-state index is 12.8. The van der Waals surface area contributed by atoms with E-state index in [1.54, 1.807) is 16.2 Å². The van der Waals surface area contributed by atoms with Crippen LogP contribution in [0.5, 0.6) is 0 Å². The molecule has 6 heteroatoms. The second-order valence-corrected chi connectivity index (χ2v) is 8.26. The van der Waals surface area contributed by atoms with E-state index < -0.39 is 6.10 Å². The van der Waals surface area contributed by atoms with E-state index in [-0.39, 0.29) is 17.7 Å². The predicted molar refractivity (Wildman–Crippen MR) is 106 cm³/mol. The Morgan fingerprint density at radius 3 is 2.44 bits per heavy atom. The minimum atomic E-state index is -0.431. The highest BCUT2D eigenvalue weighted by atomic mass is 32.1. The van der Waals surface area contributed by atoms with Crippen molar-refractivity contribution in [1.82, 2.24) is 4.90 Å². The lowest BCUT2D eigenvalue weighted by molar-refractivity contribution is -0.117. The van der Waals surface area contributed by atoms with Crippen LogP contribution < -0.4 is 4.90 Å². The van der Waals surface area contributed by atoms with Crippen LogP contribution in [0.15, 0.2) is 41.8 Å². The van der Waals surface area contributed by atoms with Gasteiger partial charge in [0.2, 0.25) is 5.91 Å². The quantitative estimate of drug-likeness (QED) is 0.878. The number of anilines is 1. The third kappa shape index (κ3) is 3.77. The maximum atomic E-state index is 12.8. The van der Waals surface area contributed by atoms with Crippen molar-refractivity contribution in [3.05, 3.63) is 52.2 Å². The van der Waals surface area contributed by atoms with Crippen molar-refractivity contribution in [2.75, 3.05) is 24.5 Å². The Balaban J connectivity index is 1.36. The molecule has 4 rings (SSSR count). The SMILES string of the molecule is O=C(c1ccc(N2CCCC2=O)cc1)N1CCC(C(O)c2cccs2)CC1. The number of benzene rings is 1. The number of aliphatic hydroxyl groups is 1. The zero-order chi connectivity index (χ0) is 18.8. The average Bonchev–Trinajstić information content (AvgIpc) is 3.39. The standard InChI is InChI=1S/C21H24N2O3S/c24-19-4-1-11-23(19)17-7-5-16(6-8-17)21(26)22-12-9-15(10-13-22)20(25)18-3-2-14-27-18/h2-3,5-8,14-15,20,25H,1,4,9-13H2. The zero-order valence-electron chi connectivity index (χ0n) is 15.2. The molecule has 2 fully saturated rings. The number of carbonyl (C=O) groups excluding carboxylic acids is 2. The summed E-state index contributed by atoms with van der Waals surface area (Å²) in [5.74, 6) is 0.384. The number of aliphatic hydroxyl groups excluding tert-OH is 1. The normalized spacial score (nSPS) is 19.5. The highest BCUT2D eigenvalue weighted by molar-refractivity contribution is 7.10. The molecule has 0 aliphatic carbocycles. The van der Waals surface area contributed by atoms with Crippen LogP contribution in [-0.4, -0.2) is 41.5 Å². The first-order valence-electron chi connectivity index (χ1n) is 9.54. The van der Waals surface area contributed by atoms with Gasteiger partial charge in [-0.25, -0.2) is 0 Å². The van der Waals surface area contributed by atoms with Crippen molar-refractivity contribution >= 4 is 28.8 Å². The third-order valence-corrected chi connectivity index (χ3v) is 6.55. The molecule has 1 unspecified atom stereocenters. The van der Waals surface area contributed by atoms with E-state index in [1.807, 2.05) is 46.7 Å². The fraction of sp³-hybridized carbons (Fsp3) is 0.429. The number of amides is 2. The van der Waals surface area contributed by atoms with Crippen molar-refractivity contribution in [2.24, 2.45) is 5.92 Å². The molecule has 0 radical (unpaired) electrons. The van der Waals surface area contributed by atoms with Gasteiger partial charge in [0.15, 0.2) is 0 Å². The first-order valence-corrected chi connectivity index (χ1v) is 10.4. The molecular weight excluding hydrogens is 360 g/mol. The average molecular weight is 385 g/mol. The van der Waals surface area contributed by atoms with Crippen LogP contribution in [0.3, 0.4) is 0 Å². The van der Waals surface area contributed by atoms with Crippen molar-refractivity contribution in [3.8, 4) is 0 Å². The lowest BCUT2D eigenvalue weighted by Gasteiger charge is -2.34. The first-order chi connectivity index (χ1) is 13.1. The Bertz CT molecular complexity index is 795. The van der Waals surface area contributed by atoms with Crippen molar-refractivity contribution in [2.45, 2.75) is 31.8 Å². The largest absolute Gasteiger partial charge is 0.387 e. The van der Waals surface area contributed by atoms with Gasteiger partial charge in [-0.05, 0) is 60.9 Å². The fourth-order valence-corrected chi connectivity index (χ4v) is 4.80. The molecule has 0 spiro atoms. The number of carbonyl (C=O) groups is 2. The number of rotatable bonds is 4. The monoisotopic (exact) mass is 384 g/mol.